The third-order valence-electron chi connectivity index (χ3n) is 8.67. The predicted octanol–water partition coefficient (Wildman–Crippen LogP) is 2.67. The molecule has 2 heterocycles. The van der Waals surface area contributed by atoms with Gasteiger partial charge < -0.3 is 42.5 Å². The molecule has 0 aliphatic heterocycles. The molecule has 4 atom stereocenters. The van der Waals surface area contributed by atoms with E-state index in [0.717, 1.165) is 44.9 Å². The van der Waals surface area contributed by atoms with Gasteiger partial charge in [0.15, 0.2) is 0 Å². The Kier molecular flexibility index (Phi) is 11.8. The molecule has 0 radical (unpaired) electrons. The fourth-order valence-electron chi connectivity index (χ4n) is 5.97. The Morgan fingerprint density at radius 3 is 1.69 bits per heavy atom. The normalized spacial score (nSPS) is 13.8. The second-order valence-electron chi connectivity index (χ2n) is 12.2. The van der Waals surface area contributed by atoms with Crippen molar-refractivity contribution >= 4 is 45.5 Å². The first-order valence-corrected chi connectivity index (χ1v) is 16.5. The number of aromatic amines is 2. The molecule has 10 N–H and O–H groups in total. The summed E-state index contributed by atoms with van der Waals surface area (Å²) < 4.78 is 0. The first-order valence-electron chi connectivity index (χ1n) is 16.5. The molecule has 12 nitrogen and oxygen atoms in total. The van der Waals surface area contributed by atoms with Gasteiger partial charge in [0, 0.05) is 53.5 Å². The van der Waals surface area contributed by atoms with Crippen molar-refractivity contribution in [3.63, 3.8) is 0 Å². The van der Waals surface area contributed by atoms with Crippen LogP contribution in [0.4, 0.5) is 0 Å². The summed E-state index contributed by atoms with van der Waals surface area (Å²) in [5.74, 6) is -2.98. The zero-order valence-electron chi connectivity index (χ0n) is 27.2. The number of nitrogens with two attached hydrogens (primary N) is 2. The van der Waals surface area contributed by atoms with Crippen LogP contribution in [-0.2, 0) is 38.4 Å². The fraction of sp³-hybridized carbons (Fsp3) is 0.297. The Bertz CT molecular complexity index is 1890. The molecule has 3 amide bonds. The lowest BCUT2D eigenvalue weighted by Gasteiger charge is -2.25. The van der Waals surface area contributed by atoms with Gasteiger partial charge in [-0.3, -0.25) is 14.4 Å². The van der Waals surface area contributed by atoms with Crippen molar-refractivity contribution in [1.82, 2.24) is 25.9 Å². The first kappa shape index (κ1) is 34.9. The largest absolute Gasteiger partial charge is 0.480 e. The smallest absolute Gasteiger partial charge is 0.326 e. The van der Waals surface area contributed by atoms with E-state index in [-0.39, 0.29) is 19.3 Å². The van der Waals surface area contributed by atoms with Crippen molar-refractivity contribution in [2.45, 2.75) is 62.7 Å². The van der Waals surface area contributed by atoms with Crippen LogP contribution in [0.15, 0.2) is 91.3 Å². The Morgan fingerprint density at radius 2 is 1.12 bits per heavy atom. The molecule has 256 valence electrons. The first-order chi connectivity index (χ1) is 23.7. The molecule has 0 fully saturated rings. The van der Waals surface area contributed by atoms with Crippen molar-refractivity contribution < 1.29 is 24.3 Å². The average molecular weight is 666 g/mol. The number of carbonyl (C=O) groups is 4. The molecule has 3 aromatic carbocycles. The number of rotatable bonds is 17. The molecule has 0 spiro atoms. The third kappa shape index (κ3) is 9.12. The second kappa shape index (κ2) is 16.6. The molecule has 0 aliphatic carbocycles. The fourth-order valence-corrected chi connectivity index (χ4v) is 5.97. The minimum atomic E-state index is -1.28. The summed E-state index contributed by atoms with van der Waals surface area (Å²) in [6.07, 6.45) is 5.51. The number of hydrogen-bond acceptors (Lipinski definition) is 6. The summed E-state index contributed by atoms with van der Waals surface area (Å²) in [5, 5.41) is 20.2. The van der Waals surface area contributed by atoms with Crippen molar-refractivity contribution in [2.24, 2.45) is 11.5 Å². The zero-order chi connectivity index (χ0) is 34.8. The van der Waals surface area contributed by atoms with Gasteiger partial charge in [0.2, 0.25) is 17.7 Å². The highest BCUT2D eigenvalue weighted by Crippen LogP contribution is 2.21. The van der Waals surface area contributed by atoms with Crippen molar-refractivity contribution in [3.8, 4) is 0 Å². The number of aliphatic carboxylic acids is 1. The van der Waals surface area contributed by atoms with Crippen LogP contribution in [0.1, 0.15) is 36.0 Å². The van der Waals surface area contributed by atoms with Crippen LogP contribution in [0.25, 0.3) is 21.8 Å². The van der Waals surface area contributed by atoms with Gasteiger partial charge in [0.05, 0.1) is 6.04 Å². The van der Waals surface area contributed by atoms with Crippen LogP contribution in [0, 0.1) is 0 Å². The summed E-state index contributed by atoms with van der Waals surface area (Å²) in [4.78, 5) is 59.9. The summed E-state index contributed by atoms with van der Waals surface area (Å²) in [7, 11) is 0. The molecule has 0 aliphatic rings. The van der Waals surface area contributed by atoms with E-state index in [1.807, 2.05) is 78.9 Å². The van der Waals surface area contributed by atoms with Crippen LogP contribution in [-0.4, -0.2) is 69.5 Å². The minimum absolute atomic E-state index is 0.0214. The lowest BCUT2D eigenvalue weighted by Crippen LogP contribution is -2.58. The van der Waals surface area contributed by atoms with E-state index in [0.29, 0.717) is 19.4 Å². The second-order valence-corrected chi connectivity index (χ2v) is 12.2. The standard InChI is InChI=1S/C37H43N7O5/c38-17-9-8-14-28(39)34(45)42-31(18-23-10-2-1-3-11-23)35(46)43-32(19-24-21-40-29-15-6-4-12-26(24)29)36(47)44-33(37(48)49)20-25-22-41-30-16-7-5-13-27(25)30/h1-7,10-13,15-16,21-22,28,31-33,40-41H,8-9,14,17-20,38-39H2,(H,42,45)(H,43,46)(H,44,47)(H,48,49). The van der Waals surface area contributed by atoms with Crippen LogP contribution >= 0.6 is 0 Å². The number of carboxylic acids is 1. The highest BCUT2D eigenvalue weighted by atomic mass is 16.4. The Hall–Kier alpha value is -5.46. The molecule has 4 unspecified atom stereocenters. The highest BCUT2D eigenvalue weighted by Gasteiger charge is 2.31. The number of para-hydroxylation sites is 2. The van der Waals surface area contributed by atoms with Gasteiger partial charge in [-0.25, -0.2) is 4.79 Å². The average Bonchev–Trinajstić information content (AvgIpc) is 3.71. The molecule has 0 saturated carbocycles. The predicted molar refractivity (Wildman–Crippen MR) is 188 cm³/mol. The van der Waals surface area contributed by atoms with E-state index in [4.69, 9.17) is 11.5 Å². The van der Waals surface area contributed by atoms with E-state index in [9.17, 15) is 24.3 Å². The van der Waals surface area contributed by atoms with Crippen molar-refractivity contribution in [3.05, 3.63) is 108 Å². The van der Waals surface area contributed by atoms with Crippen molar-refractivity contribution in [1.29, 1.82) is 0 Å². The number of fused-ring (bicyclic) bond motifs is 2. The molecule has 12 heteroatoms. The third-order valence-corrected chi connectivity index (χ3v) is 8.67. The van der Waals surface area contributed by atoms with E-state index >= 15 is 0 Å². The maximum absolute atomic E-state index is 14.0. The van der Waals surface area contributed by atoms with E-state index in [1.54, 1.807) is 12.4 Å². The summed E-state index contributed by atoms with van der Waals surface area (Å²) in [6.45, 7) is 0.484. The van der Waals surface area contributed by atoms with Gasteiger partial charge in [-0.05, 0) is 48.2 Å². The number of carbonyl (C=O) groups excluding carboxylic acids is 3. The monoisotopic (exact) mass is 665 g/mol. The number of benzene rings is 3. The number of carboxylic acid groups (broad SMARTS) is 1. The van der Waals surface area contributed by atoms with Gasteiger partial charge in [-0.2, -0.15) is 0 Å². The zero-order valence-corrected chi connectivity index (χ0v) is 27.2. The Labute approximate surface area is 284 Å². The molecular formula is C37H43N7O5. The summed E-state index contributed by atoms with van der Waals surface area (Å²) >= 11 is 0. The van der Waals surface area contributed by atoms with Gasteiger partial charge in [-0.1, -0.05) is 73.2 Å². The van der Waals surface area contributed by atoms with Crippen molar-refractivity contribution in [2.75, 3.05) is 6.54 Å². The van der Waals surface area contributed by atoms with E-state index in [1.165, 1.54) is 0 Å². The van der Waals surface area contributed by atoms with Gasteiger partial charge >= 0.3 is 5.97 Å². The lowest BCUT2D eigenvalue weighted by atomic mass is 10.0. The molecule has 0 saturated heterocycles. The Balaban J connectivity index is 1.39. The maximum Gasteiger partial charge on any atom is 0.326 e. The Morgan fingerprint density at radius 1 is 0.633 bits per heavy atom. The quantitative estimate of drug-likeness (QED) is 0.0696. The van der Waals surface area contributed by atoms with E-state index < -0.39 is 47.9 Å². The topological polar surface area (TPSA) is 208 Å². The molecular weight excluding hydrogens is 622 g/mol. The molecule has 2 aromatic heterocycles. The number of nitrogens with one attached hydrogen (secondary N) is 5. The van der Waals surface area contributed by atoms with Gasteiger partial charge in [0.1, 0.15) is 18.1 Å². The number of H-pyrrole nitrogens is 2. The molecule has 49 heavy (non-hydrogen) atoms. The van der Waals surface area contributed by atoms with Crippen LogP contribution in [0.2, 0.25) is 0 Å². The minimum Gasteiger partial charge on any atom is -0.480 e. The van der Waals surface area contributed by atoms with Gasteiger partial charge in [0.25, 0.3) is 0 Å². The summed E-state index contributed by atoms with van der Waals surface area (Å²) in [6, 6.07) is 19.9. The SMILES string of the molecule is NCCCCC(N)C(=O)NC(Cc1ccccc1)C(=O)NC(Cc1c[nH]c2ccccc12)C(=O)NC(Cc1c[nH]c2ccccc12)C(=O)O. The number of aromatic nitrogens is 2. The summed E-state index contributed by atoms with van der Waals surface area (Å²) in [5.41, 5.74) is 15.7. The van der Waals surface area contributed by atoms with Gasteiger partial charge in [-0.15, -0.1) is 0 Å². The highest BCUT2D eigenvalue weighted by molar-refractivity contribution is 5.95. The number of amides is 3. The van der Waals surface area contributed by atoms with E-state index in [2.05, 4.69) is 25.9 Å². The maximum atomic E-state index is 14.0. The van der Waals surface area contributed by atoms with Crippen LogP contribution < -0.4 is 27.4 Å². The lowest BCUT2D eigenvalue weighted by molar-refractivity contribution is -0.142. The molecule has 5 rings (SSSR count). The van der Waals surface area contributed by atoms with Crippen LogP contribution in [0.3, 0.4) is 0 Å². The number of hydrogen-bond donors (Lipinski definition) is 8. The number of unbranched alkanes of at least 4 members (excludes halogenated alkanes) is 1. The van der Waals surface area contributed by atoms with Crippen LogP contribution in [0.5, 0.6) is 0 Å². The molecule has 0 bridgehead atoms. The molecule has 5 aromatic rings.